The van der Waals surface area contributed by atoms with Gasteiger partial charge in [-0.1, -0.05) is 0 Å². The Bertz CT molecular complexity index is 546. The minimum atomic E-state index is -1.35. The molecule has 1 atom stereocenters. The van der Waals surface area contributed by atoms with Gasteiger partial charge in [0.15, 0.2) is 6.10 Å². The van der Waals surface area contributed by atoms with Gasteiger partial charge in [0.25, 0.3) is 0 Å². The monoisotopic (exact) mass is 235 g/mol. The van der Waals surface area contributed by atoms with Gasteiger partial charge < -0.3 is 19.6 Å². The molecule has 0 aliphatic heterocycles. The summed E-state index contributed by atoms with van der Waals surface area (Å²) in [7, 11) is 2.72. The molecule has 1 unspecified atom stereocenters. The number of hydrogen-bond donors (Lipinski definition) is 2. The third-order valence-electron chi connectivity index (χ3n) is 2.65. The number of rotatable bonds is 3. The van der Waals surface area contributed by atoms with Crippen molar-refractivity contribution in [1.82, 2.24) is 4.98 Å². The summed E-state index contributed by atoms with van der Waals surface area (Å²) in [6, 6.07) is 5.29. The van der Waals surface area contributed by atoms with Gasteiger partial charge in [0.2, 0.25) is 0 Å². The Morgan fingerprint density at radius 1 is 1.35 bits per heavy atom. The lowest BCUT2D eigenvalue weighted by molar-refractivity contribution is -0.150. The fourth-order valence-corrected chi connectivity index (χ4v) is 1.83. The molecule has 1 aromatic heterocycles. The normalized spacial score (nSPS) is 12.4. The Labute approximate surface area is 98.0 Å². The van der Waals surface area contributed by atoms with Crippen molar-refractivity contribution in [2.24, 2.45) is 0 Å². The summed E-state index contributed by atoms with van der Waals surface area (Å²) in [5.41, 5.74) is 1.24. The van der Waals surface area contributed by atoms with E-state index in [-0.39, 0.29) is 0 Å². The van der Waals surface area contributed by atoms with E-state index < -0.39 is 12.1 Å². The van der Waals surface area contributed by atoms with E-state index in [1.54, 1.807) is 18.3 Å². The number of fused-ring (bicyclic) bond motifs is 1. The highest BCUT2D eigenvalue weighted by Gasteiger charge is 2.24. The number of aliphatic hydroxyl groups excluding tert-OH is 1. The molecule has 1 aromatic carbocycles. The van der Waals surface area contributed by atoms with Crippen molar-refractivity contribution < 1.29 is 19.4 Å². The molecule has 0 saturated heterocycles. The fraction of sp³-hybridized carbons (Fsp3) is 0.250. The molecular weight excluding hydrogens is 222 g/mol. The van der Waals surface area contributed by atoms with Crippen LogP contribution in [0.2, 0.25) is 0 Å². The second kappa shape index (κ2) is 4.47. The number of H-pyrrole nitrogens is 1. The Hall–Kier alpha value is -2.01. The molecule has 90 valence electrons. The Morgan fingerprint density at radius 3 is 2.76 bits per heavy atom. The molecule has 0 aliphatic rings. The van der Waals surface area contributed by atoms with E-state index in [0.717, 1.165) is 10.9 Å². The van der Waals surface area contributed by atoms with Gasteiger partial charge in [-0.05, 0) is 18.2 Å². The van der Waals surface area contributed by atoms with Crippen LogP contribution >= 0.6 is 0 Å². The largest absolute Gasteiger partial charge is 0.496 e. The molecule has 1 heterocycles. The van der Waals surface area contributed by atoms with Crippen LogP contribution in [0.25, 0.3) is 10.9 Å². The van der Waals surface area contributed by atoms with Gasteiger partial charge in [0, 0.05) is 22.7 Å². The number of aromatic nitrogens is 1. The molecule has 2 rings (SSSR count). The second-order valence-corrected chi connectivity index (χ2v) is 3.55. The van der Waals surface area contributed by atoms with E-state index in [1.165, 1.54) is 14.2 Å². The quantitative estimate of drug-likeness (QED) is 0.788. The van der Waals surface area contributed by atoms with Gasteiger partial charge in [0.05, 0.1) is 14.2 Å². The molecule has 0 fully saturated rings. The summed E-state index contributed by atoms with van der Waals surface area (Å²) in [6.45, 7) is 0. The molecule has 0 saturated carbocycles. The zero-order valence-electron chi connectivity index (χ0n) is 9.56. The minimum absolute atomic E-state index is 0.415. The average molecular weight is 235 g/mol. The van der Waals surface area contributed by atoms with Crippen LogP contribution in [0.15, 0.2) is 24.4 Å². The zero-order valence-corrected chi connectivity index (χ0v) is 9.56. The smallest absolute Gasteiger partial charge is 0.339 e. The van der Waals surface area contributed by atoms with Crippen molar-refractivity contribution in [1.29, 1.82) is 0 Å². The maximum absolute atomic E-state index is 11.4. The molecule has 2 N–H and O–H groups in total. The number of esters is 1. The van der Waals surface area contributed by atoms with Gasteiger partial charge in [-0.15, -0.1) is 0 Å². The first-order valence-corrected chi connectivity index (χ1v) is 5.09. The number of ether oxygens (including phenoxy) is 2. The first-order chi connectivity index (χ1) is 8.19. The number of nitrogens with one attached hydrogen (secondary N) is 1. The molecule has 5 heteroatoms. The summed E-state index contributed by atoms with van der Waals surface area (Å²) in [5.74, 6) is -0.257. The standard InChI is InChI=1S/C12H13NO4/c1-16-9-4-3-8-7(5-6-13-8)10(9)11(14)12(15)17-2/h3-6,11,13-14H,1-2H3. The van der Waals surface area contributed by atoms with Crippen LogP contribution in [0.5, 0.6) is 5.75 Å². The lowest BCUT2D eigenvalue weighted by atomic mass is 10.0. The Kier molecular flexibility index (Phi) is 3.01. The van der Waals surface area contributed by atoms with E-state index in [9.17, 15) is 9.90 Å². The molecule has 0 bridgehead atoms. The Balaban J connectivity index is 2.63. The van der Waals surface area contributed by atoms with Crippen LogP contribution < -0.4 is 4.74 Å². The van der Waals surface area contributed by atoms with Crippen LogP contribution in [0.3, 0.4) is 0 Å². The molecule has 0 amide bonds. The summed E-state index contributed by atoms with van der Waals surface area (Å²) < 4.78 is 9.69. The predicted molar refractivity (Wildman–Crippen MR) is 61.8 cm³/mol. The second-order valence-electron chi connectivity index (χ2n) is 3.55. The number of aromatic amines is 1. The molecule has 0 aliphatic carbocycles. The first kappa shape index (κ1) is 11.5. The van der Waals surface area contributed by atoms with E-state index in [1.807, 2.05) is 6.07 Å². The first-order valence-electron chi connectivity index (χ1n) is 5.09. The van der Waals surface area contributed by atoms with Gasteiger partial charge in [-0.2, -0.15) is 0 Å². The summed E-state index contributed by atoms with van der Waals surface area (Å²) in [4.78, 5) is 14.4. The van der Waals surface area contributed by atoms with Crippen molar-refractivity contribution in [2.75, 3.05) is 14.2 Å². The highest BCUT2D eigenvalue weighted by atomic mass is 16.5. The third-order valence-corrected chi connectivity index (χ3v) is 2.65. The average Bonchev–Trinajstić information content (AvgIpc) is 2.83. The number of carbonyl (C=O) groups is 1. The van der Waals surface area contributed by atoms with E-state index in [0.29, 0.717) is 11.3 Å². The molecule has 0 radical (unpaired) electrons. The lowest BCUT2D eigenvalue weighted by Crippen LogP contribution is -2.14. The summed E-state index contributed by atoms with van der Waals surface area (Å²) >= 11 is 0. The molecule has 2 aromatic rings. The topological polar surface area (TPSA) is 71.6 Å². The fourth-order valence-electron chi connectivity index (χ4n) is 1.83. The minimum Gasteiger partial charge on any atom is -0.496 e. The van der Waals surface area contributed by atoms with Crippen LogP contribution in [-0.4, -0.2) is 30.3 Å². The van der Waals surface area contributed by atoms with Crippen LogP contribution in [0.1, 0.15) is 11.7 Å². The van der Waals surface area contributed by atoms with Gasteiger partial charge >= 0.3 is 5.97 Å². The number of carbonyl (C=O) groups excluding carboxylic acids is 1. The molecular formula is C12H13NO4. The van der Waals surface area contributed by atoms with E-state index in [2.05, 4.69) is 9.72 Å². The zero-order chi connectivity index (χ0) is 12.4. The Morgan fingerprint density at radius 2 is 2.12 bits per heavy atom. The van der Waals surface area contributed by atoms with E-state index >= 15 is 0 Å². The van der Waals surface area contributed by atoms with Crippen LogP contribution in [-0.2, 0) is 9.53 Å². The predicted octanol–water partition coefficient (Wildman–Crippen LogP) is 1.38. The molecule has 0 spiro atoms. The van der Waals surface area contributed by atoms with Crippen LogP contribution in [0.4, 0.5) is 0 Å². The number of methoxy groups -OCH3 is 2. The van der Waals surface area contributed by atoms with Crippen molar-refractivity contribution in [3.63, 3.8) is 0 Å². The maximum Gasteiger partial charge on any atom is 0.339 e. The molecule has 5 nitrogen and oxygen atoms in total. The molecule has 17 heavy (non-hydrogen) atoms. The van der Waals surface area contributed by atoms with Crippen molar-refractivity contribution in [3.8, 4) is 5.75 Å². The highest BCUT2D eigenvalue weighted by Crippen LogP contribution is 2.33. The number of aliphatic hydroxyl groups is 1. The summed E-state index contributed by atoms with van der Waals surface area (Å²) in [6.07, 6.45) is 0.381. The summed E-state index contributed by atoms with van der Waals surface area (Å²) in [5, 5.41) is 10.7. The highest BCUT2D eigenvalue weighted by molar-refractivity contribution is 5.90. The van der Waals surface area contributed by atoms with Crippen molar-refractivity contribution >= 4 is 16.9 Å². The van der Waals surface area contributed by atoms with Gasteiger partial charge in [-0.25, -0.2) is 4.79 Å². The third kappa shape index (κ3) is 1.85. The lowest BCUT2D eigenvalue weighted by Gasteiger charge is -2.14. The van der Waals surface area contributed by atoms with Gasteiger partial charge in [0.1, 0.15) is 5.75 Å². The van der Waals surface area contributed by atoms with Crippen LogP contribution in [0, 0.1) is 0 Å². The number of benzene rings is 1. The van der Waals surface area contributed by atoms with E-state index in [4.69, 9.17) is 4.74 Å². The van der Waals surface area contributed by atoms with Gasteiger partial charge in [-0.3, -0.25) is 0 Å². The van der Waals surface area contributed by atoms with Crippen molar-refractivity contribution in [2.45, 2.75) is 6.10 Å². The maximum atomic E-state index is 11.4. The van der Waals surface area contributed by atoms with Crippen molar-refractivity contribution in [3.05, 3.63) is 30.0 Å². The number of hydrogen-bond acceptors (Lipinski definition) is 4. The SMILES string of the molecule is COC(=O)C(O)c1c(OC)ccc2[nH]ccc12.